The highest BCUT2D eigenvalue weighted by molar-refractivity contribution is 5.77. The van der Waals surface area contributed by atoms with Crippen molar-refractivity contribution in [2.24, 2.45) is 7.05 Å². The van der Waals surface area contributed by atoms with Crippen molar-refractivity contribution >= 4 is 5.91 Å². The van der Waals surface area contributed by atoms with Crippen molar-refractivity contribution in [1.82, 2.24) is 19.2 Å². The first-order chi connectivity index (χ1) is 10.8. The molecule has 2 rings (SSSR count). The van der Waals surface area contributed by atoms with Gasteiger partial charge in [-0.3, -0.25) is 9.36 Å². The molecule has 1 saturated heterocycles. The van der Waals surface area contributed by atoms with E-state index in [0.717, 1.165) is 11.7 Å². The van der Waals surface area contributed by atoms with Crippen LogP contribution >= 0.6 is 0 Å². The first kappa shape index (κ1) is 17.5. The maximum atomic E-state index is 12.8. The van der Waals surface area contributed by atoms with Crippen LogP contribution in [-0.4, -0.2) is 51.5 Å². The summed E-state index contributed by atoms with van der Waals surface area (Å²) in [6, 6.07) is -0.444. The predicted molar refractivity (Wildman–Crippen MR) is 73.8 cm³/mol. The van der Waals surface area contributed by atoms with Gasteiger partial charge in [-0.05, 0) is 19.8 Å². The molecule has 0 atom stereocenters. The zero-order chi connectivity index (χ0) is 17.2. The first-order valence-corrected chi connectivity index (χ1v) is 7.34. The fraction of sp³-hybridized carbons (Fsp3) is 0.769. The summed E-state index contributed by atoms with van der Waals surface area (Å²) in [5, 5.41) is 3.44. The van der Waals surface area contributed by atoms with Gasteiger partial charge >= 0.3 is 11.9 Å². The minimum Gasteiger partial charge on any atom is -0.372 e. The van der Waals surface area contributed by atoms with Gasteiger partial charge in [-0.25, -0.2) is 9.48 Å². The molecule has 1 aliphatic heterocycles. The monoisotopic (exact) mass is 336 g/mol. The van der Waals surface area contributed by atoms with E-state index in [9.17, 15) is 22.8 Å². The molecule has 23 heavy (non-hydrogen) atoms. The Labute approximate surface area is 130 Å². The molecule has 0 spiro atoms. The molecule has 10 heteroatoms. The molecule has 1 fully saturated rings. The maximum absolute atomic E-state index is 12.8. The van der Waals surface area contributed by atoms with Gasteiger partial charge in [0.25, 0.3) is 0 Å². The summed E-state index contributed by atoms with van der Waals surface area (Å²) in [5.74, 6) is -1.37. The molecule has 0 radical (unpaired) electrons. The van der Waals surface area contributed by atoms with E-state index < -0.39 is 23.7 Å². The molecule has 1 aliphatic rings. The van der Waals surface area contributed by atoms with Gasteiger partial charge in [0.2, 0.25) is 11.7 Å². The molecule has 0 unspecified atom stereocenters. The Morgan fingerprint density at radius 2 is 1.96 bits per heavy atom. The summed E-state index contributed by atoms with van der Waals surface area (Å²) < 4.78 is 44.8. The Morgan fingerprint density at radius 3 is 2.43 bits per heavy atom. The number of alkyl halides is 3. The molecule has 0 aliphatic carbocycles. The molecule has 0 saturated carbocycles. The Balaban J connectivity index is 2.06. The van der Waals surface area contributed by atoms with Gasteiger partial charge < -0.3 is 9.64 Å². The number of hydrogen-bond donors (Lipinski definition) is 0. The fourth-order valence-corrected chi connectivity index (χ4v) is 2.58. The van der Waals surface area contributed by atoms with E-state index in [1.165, 1.54) is 0 Å². The average Bonchev–Trinajstić information content (AvgIpc) is 2.81. The standard InChI is InChI=1S/C13H19F3N4O3/c1-3-23-8-10(21)19-6-4-9(5-7-19)20-12(22)18(2)11(17-20)13(14,15)16/h9H,3-8H2,1-2H3. The van der Waals surface area contributed by atoms with E-state index in [4.69, 9.17) is 4.74 Å². The zero-order valence-electron chi connectivity index (χ0n) is 13.0. The van der Waals surface area contributed by atoms with Crippen LogP contribution in [0.3, 0.4) is 0 Å². The molecule has 1 aromatic heterocycles. The molecule has 0 aromatic carbocycles. The number of halogens is 3. The summed E-state index contributed by atoms with van der Waals surface area (Å²) in [7, 11) is 1.05. The third-order valence-electron chi connectivity index (χ3n) is 3.85. The van der Waals surface area contributed by atoms with Crippen molar-refractivity contribution in [1.29, 1.82) is 0 Å². The van der Waals surface area contributed by atoms with Crippen molar-refractivity contribution in [2.45, 2.75) is 32.0 Å². The minimum absolute atomic E-state index is 0.0110. The highest BCUT2D eigenvalue weighted by atomic mass is 19.4. The molecular formula is C13H19F3N4O3. The van der Waals surface area contributed by atoms with Crippen LogP contribution in [0.15, 0.2) is 4.79 Å². The lowest BCUT2D eigenvalue weighted by molar-refractivity contribution is -0.147. The zero-order valence-corrected chi connectivity index (χ0v) is 13.0. The van der Waals surface area contributed by atoms with Crippen molar-refractivity contribution in [3.8, 4) is 0 Å². The van der Waals surface area contributed by atoms with Gasteiger partial charge in [0.15, 0.2) is 0 Å². The number of nitrogens with zero attached hydrogens (tertiary/aromatic N) is 4. The SMILES string of the molecule is CCOCC(=O)N1CCC(n2nc(C(F)(F)F)n(C)c2=O)CC1. The molecule has 1 aromatic rings. The van der Waals surface area contributed by atoms with E-state index in [-0.39, 0.29) is 12.5 Å². The second kappa shape index (κ2) is 6.73. The van der Waals surface area contributed by atoms with Crippen LogP contribution in [0, 0.1) is 0 Å². The molecule has 2 heterocycles. The third-order valence-corrected chi connectivity index (χ3v) is 3.85. The number of ether oxygens (including phenoxy) is 1. The van der Waals surface area contributed by atoms with Crippen LogP contribution in [-0.2, 0) is 22.8 Å². The van der Waals surface area contributed by atoms with Crippen LogP contribution in [0.4, 0.5) is 13.2 Å². The molecular weight excluding hydrogens is 317 g/mol. The van der Waals surface area contributed by atoms with Crippen LogP contribution in [0.1, 0.15) is 31.6 Å². The molecule has 0 bridgehead atoms. The number of hydrogen-bond acceptors (Lipinski definition) is 4. The Hall–Kier alpha value is -1.84. The van der Waals surface area contributed by atoms with Gasteiger partial charge in [-0.15, -0.1) is 5.10 Å². The van der Waals surface area contributed by atoms with E-state index in [1.807, 2.05) is 0 Å². The topological polar surface area (TPSA) is 69.4 Å². The average molecular weight is 336 g/mol. The largest absolute Gasteiger partial charge is 0.451 e. The highest BCUT2D eigenvalue weighted by Crippen LogP contribution is 2.28. The predicted octanol–water partition coefficient (Wildman–Crippen LogP) is 0.801. The third kappa shape index (κ3) is 3.74. The number of piperidine rings is 1. The molecule has 1 amide bonds. The number of carbonyl (C=O) groups excluding carboxylic acids is 1. The smallest absolute Gasteiger partial charge is 0.372 e. The number of likely N-dealkylation sites (tertiary alicyclic amines) is 1. The van der Waals surface area contributed by atoms with Crippen molar-refractivity contribution < 1.29 is 22.7 Å². The van der Waals surface area contributed by atoms with Crippen LogP contribution in [0.2, 0.25) is 0 Å². The van der Waals surface area contributed by atoms with Crippen molar-refractivity contribution in [3.05, 3.63) is 16.3 Å². The van der Waals surface area contributed by atoms with E-state index in [0.29, 0.717) is 37.1 Å². The quantitative estimate of drug-likeness (QED) is 0.816. The van der Waals surface area contributed by atoms with Gasteiger partial charge in [-0.1, -0.05) is 0 Å². The van der Waals surface area contributed by atoms with E-state index in [2.05, 4.69) is 5.10 Å². The summed E-state index contributed by atoms with van der Waals surface area (Å²) in [6.07, 6.45) is -3.91. The number of rotatable bonds is 4. The van der Waals surface area contributed by atoms with E-state index in [1.54, 1.807) is 11.8 Å². The molecule has 0 N–H and O–H groups in total. The van der Waals surface area contributed by atoms with Crippen molar-refractivity contribution in [3.63, 3.8) is 0 Å². The van der Waals surface area contributed by atoms with Crippen LogP contribution < -0.4 is 5.69 Å². The second-order valence-corrected chi connectivity index (χ2v) is 5.36. The Morgan fingerprint density at radius 1 is 1.35 bits per heavy atom. The molecule has 130 valence electrons. The first-order valence-electron chi connectivity index (χ1n) is 7.34. The van der Waals surface area contributed by atoms with Gasteiger partial charge in [0.1, 0.15) is 6.61 Å². The van der Waals surface area contributed by atoms with Gasteiger partial charge in [-0.2, -0.15) is 13.2 Å². The lowest BCUT2D eigenvalue weighted by atomic mass is 10.1. The van der Waals surface area contributed by atoms with Crippen LogP contribution in [0.25, 0.3) is 0 Å². The Kier molecular flexibility index (Phi) is 5.12. The Bertz CT molecular complexity index is 615. The fourth-order valence-electron chi connectivity index (χ4n) is 2.58. The summed E-state index contributed by atoms with van der Waals surface area (Å²) in [4.78, 5) is 25.4. The minimum atomic E-state index is -4.67. The summed E-state index contributed by atoms with van der Waals surface area (Å²) >= 11 is 0. The number of amides is 1. The van der Waals surface area contributed by atoms with Crippen molar-refractivity contribution in [2.75, 3.05) is 26.3 Å². The van der Waals surface area contributed by atoms with Gasteiger partial charge in [0.05, 0.1) is 6.04 Å². The number of aromatic nitrogens is 3. The van der Waals surface area contributed by atoms with Crippen LogP contribution in [0.5, 0.6) is 0 Å². The van der Waals surface area contributed by atoms with Gasteiger partial charge in [0, 0.05) is 26.7 Å². The maximum Gasteiger partial charge on any atom is 0.451 e. The lowest BCUT2D eigenvalue weighted by Crippen LogP contribution is -2.42. The second-order valence-electron chi connectivity index (χ2n) is 5.36. The molecule has 7 nitrogen and oxygen atoms in total. The summed E-state index contributed by atoms with van der Waals surface area (Å²) in [6.45, 7) is 2.93. The number of carbonyl (C=O) groups is 1. The lowest BCUT2D eigenvalue weighted by Gasteiger charge is -2.31. The normalized spacial score (nSPS) is 16.8. The summed E-state index contributed by atoms with van der Waals surface area (Å²) in [5.41, 5.74) is -0.795. The van der Waals surface area contributed by atoms with E-state index >= 15 is 0 Å². The highest BCUT2D eigenvalue weighted by Gasteiger charge is 2.39.